The first-order chi connectivity index (χ1) is 4.38. The van der Waals surface area contributed by atoms with E-state index in [0.717, 1.165) is 5.69 Å². The van der Waals surface area contributed by atoms with E-state index in [1.807, 2.05) is 22.9 Å². The van der Waals surface area contributed by atoms with Gasteiger partial charge in [-0.15, -0.1) is 12.4 Å². The molecule has 1 aromatic rings. The highest BCUT2D eigenvalue weighted by Crippen LogP contribution is 2.05. The summed E-state index contributed by atoms with van der Waals surface area (Å²) in [6.07, 6.45) is 3.67. The zero-order valence-electron chi connectivity index (χ0n) is 5.02. The van der Waals surface area contributed by atoms with Gasteiger partial charge >= 0.3 is 0 Å². The van der Waals surface area contributed by atoms with Crippen LogP contribution in [-0.4, -0.2) is 15.9 Å². The largest absolute Gasteiger partial charge is 0.291 e. The summed E-state index contributed by atoms with van der Waals surface area (Å²) in [4.78, 5) is 3.93. The molecule has 4 heteroatoms. The van der Waals surface area contributed by atoms with Crippen LogP contribution in [0.1, 0.15) is 5.69 Å². The molecule has 0 spiro atoms. The van der Waals surface area contributed by atoms with Gasteiger partial charge in [0.15, 0.2) is 0 Å². The van der Waals surface area contributed by atoms with Crippen molar-refractivity contribution in [3.05, 3.63) is 24.0 Å². The number of fused-ring (bicyclic) bond motifs is 1. The van der Waals surface area contributed by atoms with Gasteiger partial charge in [0, 0.05) is 6.20 Å². The first-order valence-electron chi connectivity index (χ1n) is 2.64. The van der Waals surface area contributed by atoms with Gasteiger partial charge in [-0.25, -0.2) is 4.99 Å². The van der Waals surface area contributed by atoms with Crippen LogP contribution in [-0.2, 0) is 0 Å². The van der Waals surface area contributed by atoms with E-state index in [-0.39, 0.29) is 12.4 Å². The third-order valence-corrected chi connectivity index (χ3v) is 1.60. The van der Waals surface area contributed by atoms with E-state index >= 15 is 0 Å². The quantitative estimate of drug-likeness (QED) is 0.542. The Hall–Kier alpha value is -0.670. The average Bonchev–Trinajstić information content (AvgIpc) is 2.35. The molecule has 0 saturated carbocycles. The van der Waals surface area contributed by atoms with Crippen LogP contribution < -0.4 is 0 Å². The maximum Gasteiger partial charge on any atom is 0.204 e. The van der Waals surface area contributed by atoms with Crippen molar-refractivity contribution in [1.82, 2.24) is 4.57 Å². The molecule has 0 amide bonds. The molecule has 2 rings (SSSR count). The Morgan fingerprint density at radius 1 is 1.50 bits per heavy atom. The topological polar surface area (TPSA) is 17.3 Å². The molecule has 0 atom stereocenters. The van der Waals surface area contributed by atoms with Crippen LogP contribution in [0, 0.1) is 0 Å². The molecule has 2 heterocycles. The molecule has 2 nitrogen and oxygen atoms in total. The molecule has 0 bridgehead atoms. The molecule has 1 aliphatic rings. The van der Waals surface area contributed by atoms with Crippen LogP contribution in [0.5, 0.6) is 0 Å². The van der Waals surface area contributed by atoms with Gasteiger partial charge in [0.1, 0.15) is 0 Å². The van der Waals surface area contributed by atoms with E-state index in [1.165, 1.54) is 0 Å². The SMILES string of the molecule is Cl.S=C1N=Cc2cccn21. The van der Waals surface area contributed by atoms with E-state index in [1.54, 1.807) is 6.21 Å². The Labute approximate surface area is 70.0 Å². The number of aromatic nitrogens is 1. The summed E-state index contributed by atoms with van der Waals surface area (Å²) in [7, 11) is 0. The van der Waals surface area contributed by atoms with Crippen molar-refractivity contribution < 1.29 is 0 Å². The molecule has 10 heavy (non-hydrogen) atoms. The minimum Gasteiger partial charge on any atom is -0.291 e. The molecular formula is C6H5ClN2S. The number of rotatable bonds is 0. The van der Waals surface area contributed by atoms with Crippen LogP contribution in [0.2, 0.25) is 0 Å². The Kier molecular flexibility index (Phi) is 1.87. The van der Waals surface area contributed by atoms with Gasteiger partial charge in [-0.2, -0.15) is 0 Å². The van der Waals surface area contributed by atoms with E-state index in [4.69, 9.17) is 12.2 Å². The second-order valence-electron chi connectivity index (χ2n) is 1.84. The highest BCUT2D eigenvalue weighted by Gasteiger charge is 2.06. The molecule has 0 radical (unpaired) electrons. The monoisotopic (exact) mass is 172 g/mol. The predicted molar refractivity (Wildman–Crippen MR) is 47.3 cm³/mol. The van der Waals surface area contributed by atoms with Crippen molar-refractivity contribution in [3.63, 3.8) is 0 Å². The highest BCUT2D eigenvalue weighted by atomic mass is 35.5. The Morgan fingerprint density at radius 2 is 2.30 bits per heavy atom. The van der Waals surface area contributed by atoms with Crippen LogP contribution in [0.25, 0.3) is 0 Å². The minimum absolute atomic E-state index is 0. The molecule has 0 fully saturated rings. The van der Waals surface area contributed by atoms with Crippen LogP contribution in [0.3, 0.4) is 0 Å². The van der Waals surface area contributed by atoms with Crippen LogP contribution >= 0.6 is 24.6 Å². The number of thiocarbonyl (C=S) groups is 1. The standard InChI is InChI=1S/C6H4N2S.ClH/c9-6-7-4-5-2-1-3-8(5)6;/h1-4H;1H. The fourth-order valence-corrected chi connectivity index (χ4v) is 1.08. The molecule has 0 N–H and O–H groups in total. The van der Waals surface area contributed by atoms with Crippen molar-refractivity contribution in [3.8, 4) is 0 Å². The van der Waals surface area contributed by atoms with Crippen molar-refractivity contribution in [2.24, 2.45) is 4.99 Å². The lowest BCUT2D eigenvalue weighted by Gasteiger charge is -1.90. The Balaban J connectivity index is 0.000000500. The zero-order valence-corrected chi connectivity index (χ0v) is 6.65. The second kappa shape index (κ2) is 2.52. The molecule has 0 aliphatic carbocycles. The number of hydrogen-bond acceptors (Lipinski definition) is 1. The minimum atomic E-state index is 0. The number of nitrogens with zero attached hydrogens (tertiary/aromatic N) is 2. The van der Waals surface area contributed by atoms with E-state index in [9.17, 15) is 0 Å². The summed E-state index contributed by atoms with van der Waals surface area (Å²) in [6, 6.07) is 3.93. The predicted octanol–water partition coefficient (Wildman–Crippen LogP) is 1.48. The first kappa shape index (κ1) is 7.44. The lowest BCUT2D eigenvalue weighted by atomic mass is 10.5. The number of hydrogen-bond donors (Lipinski definition) is 0. The summed E-state index contributed by atoms with van der Waals surface area (Å²) in [5, 5.41) is 0.634. The molecule has 0 aromatic carbocycles. The second-order valence-corrected chi connectivity index (χ2v) is 2.21. The Morgan fingerprint density at radius 3 is 3.00 bits per heavy atom. The van der Waals surface area contributed by atoms with Gasteiger partial charge in [-0.3, -0.25) is 4.57 Å². The van der Waals surface area contributed by atoms with E-state index in [0.29, 0.717) is 5.11 Å². The molecule has 0 unspecified atom stereocenters. The maximum absolute atomic E-state index is 4.89. The number of halogens is 1. The van der Waals surface area contributed by atoms with Crippen molar-refractivity contribution in [1.29, 1.82) is 0 Å². The zero-order chi connectivity index (χ0) is 6.27. The summed E-state index contributed by atoms with van der Waals surface area (Å²) >= 11 is 4.89. The summed E-state index contributed by atoms with van der Waals surface area (Å²) in [6.45, 7) is 0. The van der Waals surface area contributed by atoms with Crippen molar-refractivity contribution in [2.75, 3.05) is 0 Å². The first-order valence-corrected chi connectivity index (χ1v) is 3.04. The van der Waals surface area contributed by atoms with Crippen molar-refractivity contribution >= 4 is 36.0 Å². The third kappa shape index (κ3) is 0.874. The molecular weight excluding hydrogens is 168 g/mol. The average molecular weight is 173 g/mol. The van der Waals surface area contributed by atoms with Gasteiger partial charge < -0.3 is 0 Å². The van der Waals surface area contributed by atoms with Gasteiger partial charge in [0.2, 0.25) is 5.11 Å². The van der Waals surface area contributed by atoms with Crippen LogP contribution in [0.4, 0.5) is 0 Å². The smallest absolute Gasteiger partial charge is 0.204 e. The van der Waals surface area contributed by atoms with E-state index < -0.39 is 0 Å². The molecule has 1 aliphatic heterocycles. The summed E-state index contributed by atoms with van der Waals surface area (Å²) < 4.78 is 1.87. The van der Waals surface area contributed by atoms with Gasteiger partial charge in [0.25, 0.3) is 0 Å². The number of aliphatic imine (C=N–C) groups is 1. The van der Waals surface area contributed by atoms with Gasteiger partial charge in [-0.1, -0.05) is 0 Å². The van der Waals surface area contributed by atoms with E-state index in [2.05, 4.69) is 4.99 Å². The highest BCUT2D eigenvalue weighted by molar-refractivity contribution is 7.80. The van der Waals surface area contributed by atoms with Crippen LogP contribution in [0.15, 0.2) is 23.3 Å². The normalized spacial score (nSPS) is 13.0. The molecule has 52 valence electrons. The maximum atomic E-state index is 4.89. The lowest BCUT2D eigenvalue weighted by Crippen LogP contribution is -1.99. The van der Waals surface area contributed by atoms with Crippen molar-refractivity contribution in [2.45, 2.75) is 0 Å². The lowest BCUT2D eigenvalue weighted by molar-refractivity contribution is 1.19. The Bertz CT molecular complexity index is 290. The fraction of sp³-hybridized carbons (Fsp3) is 0. The molecule has 0 saturated heterocycles. The third-order valence-electron chi connectivity index (χ3n) is 1.29. The van der Waals surface area contributed by atoms with Gasteiger partial charge in [0.05, 0.1) is 11.9 Å². The summed E-state index contributed by atoms with van der Waals surface area (Å²) in [5.41, 5.74) is 1.07. The van der Waals surface area contributed by atoms with Gasteiger partial charge in [-0.05, 0) is 24.4 Å². The fourth-order valence-electron chi connectivity index (χ4n) is 0.857. The molecule has 1 aromatic heterocycles. The summed E-state index contributed by atoms with van der Waals surface area (Å²) in [5.74, 6) is 0.